The molecule has 4 heteroatoms. The van der Waals surface area contributed by atoms with Crippen LogP contribution in [-0.2, 0) is 6.42 Å². The summed E-state index contributed by atoms with van der Waals surface area (Å²) in [6.45, 7) is 3.16. The molecular formula is C15H22BrNO2. The summed E-state index contributed by atoms with van der Waals surface area (Å²) in [7, 11) is 3.44. The maximum absolute atomic E-state index is 5.57. The Hall–Kier alpha value is -0.740. The molecule has 0 spiro atoms. The van der Waals surface area contributed by atoms with Crippen LogP contribution in [0.1, 0.15) is 30.4 Å². The maximum atomic E-state index is 5.57. The Kier molecular flexibility index (Phi) is 5.11. The van der Waals surface area contributed by atoms with E-state index in [9.17, 15) is 0 Å². The third-order valence-corrected chi connectivity index (χ3v) is 4.75. The summed E-state index contributed by atoms with van der Waals surface area (Å²) in [5, 5.41) is 3.58. The molecule has 2 rings (SSSR count). The van der Waals surface area contributed by atoms with Crippen LogP contribution in [0.3, 0.4) is 0 Å². The van der Waals surface area contributed by atoms with Crippen LogP contribution in [0.4, 0.5) is 0 Å². The second-order valence-electron chi connectivity index (χ2n) is 5.06. The lowest BCUT2D eigenvalue weighted by molar-refractivity contribution is 0.374. The van der Waals surface area contributed by atoms with E-state index in [1.54, 1.807) is 14.2 Å². The molecule has 19 heavy (non-hydrogen) atoms. The predicted octanol–water partition coefficient (Wildman–Crippen LogP) is 3.46. The van der Waals surface area contributed by atoms with E-state index in [1.165, 1.54) is 24.8 Å². The normalized spacial score (nSPS) is 19.3. The van der Waals surface area contributed by atoms with E-state index in [1.807, 2.05) is 6.92 Å². The highest BCUT2D eigenvalue weighted by Gasteiger charge is 2.19. The van der Waals surface area contributed by atoms with Crippen LogP contribution in [0.5, 0.6) is 11.5 Å². The Bertz CT molecular complexity index is 442. The molecule has 1 unspecified atom stereocenters. The number of ether oxygens (including phenoxy) is 2. The zero-order valence-corrected chi connectivity index (χ0v) is 13.5. The average molecular weight is 328 g/mol. The van der Waals surface area contributed by atoms with Gasteiger partial charge in [0.2, 0.25) is 0 Å². The topological polar surface area (TPSA) is 30.5 Å². The van der Waals surface area contributed by atoms with Crippen molar-refractivity contribution >= 4 is 15.9 Å². The third kappa shape index (κ3) is 3.23. The molecule has 0 bridgehead atoms. The van der Waals surface area contributed by atoms with Gasteiger partial charge in [-0.2, -0.15) is 0 Å². The fraction of sp³-hybridized carbons (Fsp3) is 0.600. The molecule has 3 nitrogen and oxygen atoms in total. The van der Waals surface area contributed by atoms with E-state index < -0.39 is 0 Å². The number of hydrogen-bond donors (Lipinski definition) is 1. The third-order valence-electron chi connectivity index (χ3n) is 3.80. The first-order valence-corrected chi connectivity index (χ1v) is 7.60. The van der Waals surface area contributed by atoms with Crippen LogP contribution in [0.25, 0.3) is 0 Å². The second-order valence-corrected chi connectivity index (χ2v) is 5.85. The predicted molar refractivity (Wildman–Crippen MR) is 81.3 cm³/mol. The Morgan fingerprint density at radius 3 is 2.68 bits per heavy atom. The van der Waals surface area contributed by atoms with Gasteiger partial charge in [-0.05, 0) is 54.7 Å². The minimum absolute atomic E-state index is 0.543. The lowest BCUT2D eigenvalue weighted by Crippen LogP contribution is -2.35. The van der Waals surface area contributed by atoms with E-state index >= 15 is 0 Å². The summed E-state index contributed by atoms with van der Waals surface area (Å²) >= 11 is 3.62. The van der Waals surface area contributed by atoms with Crippen molar-refractivity contribution < 1.29 is 9.47 Å². The van der Waals surface area contributed by atoms with Gasteiger partial charge in [0.25, 0.3) is 0 Å². The van der Waals surface area contributed by atoms with Gasteiger partial charge < -0.3 is 14.8 Å². The lowest BCUT2D eigenvalue weighted by atomic mass is 9.96. The number of hydrogen-bond acceptors (Lipinski definition) is 3. The Morgan fingerprint density at radius 1 is 1.32 bits per heavy atom. The molecule has 1 aromatic carbocycles. The molecule has 1 aliphatic heterocycles. The van der Waals surface area contributed by atoms with E-state index in [0.29, 0.717) is 6.04 Å². The monoisotopic (exact) mass is 327 g/mol. The van der Waals surface area contributed by atoms with Crippen molar-refractivity contribution in [3.8, 4) is 11.5 Å². The second kappa shape index (κ2) is 6.62. The van der Waals surface area contributed by atoms with Crippen LogP contribution >= 0.6 is 15.9 Å². The first-order valence-electron chi connectivity index (χ1n) is 6.80. The van der Waals surface area contributed by atoms with Gasteiger partial charge >= 0.3 is 0 Å². The summed E-state index contributed by atoms with van der Waals surface area (Å²) in [5.74, 6) is 1.85. The van der Waals surface area contributed by atoms with Crippen molar-refractivity contribution in [2.75, 3.05) is 20.8 Å². The van der Waals surface area contributed by atoms with Crippen LogP contribution in [0.2, 0.25) is 0 Å². The lowest BCUT2D eigenvalue weighted by Gasteiger charge is -2.25. The van der Waals surface area contributed by atoms with Crippen molar-refractivity contribution in [3.63, 3.8) is 0 Å². The maximum Gasteiger partial charge on any atom is 0.136 e. The van der Waals surface area contributed by atoms with Crippen LogP contribution in [-0.4, -0.2) is 26.8 Å². The summed E-state index contributed by atoms with van der Waals surface area (Å²) in [6.07, 6.45) is 4.81. The minimum atomic E-state index is 0.543. The molecular weight excluding hydrogens is 306 g/mol. The number of nitrogens with one attached hydrogen (secondary N) is 1. The molecule has 1 heterocycles. The number of rotatable bonds is 4. The molecule has 0 amide bonds. The van der Waals surface area contributed by atoms with Gasteiger partial charge in [0, 0.05) is 17.2 Å². The summed E-state index contributed by atoms with van der Waals surface area (Å²) < 4.78 is 12.0. The van der Waals surface area contributed by atoms with Crippen molar-refractivity contribution in [1.82, 2.24) is 5.32 Å². The van der Waals surface area contributed by atoms with Crippen LogP contribution in [0, 0.1) is 6.92 Å². The van der Waals surface area contributed by atoms with Crippen molar-refractivity contribution in [2.45, 2.75) is 38.6 Å². The Morgan fingerprint density at radius 2 is 2.11 bits per heavy atom. The fourth-order valence-electron chi connectivity index (χ4n) is 2.70. The molecule has 1 aromatic rings. The molecule has 1 atom stereocenters. The van der Waals surface area contributed by atoms with E-state index in [2.05, 4.69) is 27.3 Å². The molecule has 0 saturated carbocycles. The van der Waals surface area contributed by atoms with Crippen molar-refractivity contribution in [3.05, 3.63) is 21.7 Å². The summed E-state index contributed by atoms with van der Waals surface area (Å²) in [6, 6.07) is 2.65. The molecule has 106 valence electrons. The summed E-state index contributed by atoms with van der Waals surface area (Å²) in [4.78, 5) is 0. The van der Waals surface area contributed by atoms with Gasteiger partial charge in [-0.3, -0.25) is 0 Å². The molecule has 1 aliphatic rings. The Balaban J connectivity index is 2.29. The van der Waals surface area contributed by atoms with Gasteiger partial charge in [-0.25, -0.2) is 0 Å². The fourth-order valence-corrected chi connectivity index (χ4v) is 3.31. The van der Waals surface area contributed by atoms with E-state index in [4.69, 9.17) is 9.47 Å². The first kappa shape index (κ1) is 14.7. The van der Waals surface area contributed by atoms with E-state index in [0.717, 1.165) is 34.5 Å². The standard InChI is InChI=1S/C15H22BrNO2/c1-10-13(18-2)9-11(15(19-3)14(10)16)8-12-6-4-5-7-17-12/h9,12,17H,4-8H2,1-3H3. The molecule has 0 radical (unpaired) electrons. The van der Waals surface area contributed by atoms with Gasteiger partial charge in [0.15, 0.2) is 0 Å². The highest BCUT2D eigenvalue weighted by molar-refractivity contribution is 9.10. The minimum Gasteiger partial charge on any atom is -0.496 e. The van der Waals surface area contributed by atoms with Gasteiger partial charge in [0.05, 0.1) is 18.7 Å². The average Bonchev–Trinajstić information content (AvgIpc) is 2.44. The smallest absolute Gasteiger partial charge is 0.136 e. The quantitative estimate of drug-likeness (QED) is 0.918. The Labute approximate surface area is 123 Å². The number of methoxy groups -OCH3 is 2. The van der Waals surface area contributed by atoms with E-state index in [-0.39, 0.29) is 0 Å². The first-order chi connectivity index (χ1) is 9.17. The van der Waals surface area contributed by atoms with Crippen LogP contribution in [0.15, 0.2) is 10.5 Å². The number of benzene rings is 1. The zero-order chi connectivity index (χ0) is 13.8. The number of halogens is 1. The highest BCUT2D eigenvalue weighted by atomic mass is 79.9. The van der Waals surface area contributed by atoms with Gasteiger partial charge in [-0.15, -0.1) is 0 Å². The molecule has 1 fully saturated rings. The largest absolute Gasteiger partial charge is 0.496 e. The van der Waals surface area contributed by atoms with Crippen LogP contribution < -0.4 is 14.8 Å². The number of piperidine rings is 1. The highest BCUT2D eigenvalue weighted by Crippen LogP contribution is 2.38. The van der Waals surface area contributed by atoms with Gasteiger partial charge in [-0.1, -0.05) is 6.42 Å². The summed E-state index contributed by atoms with van der Waals surface area (Å²) in [5.41, 5.74) is 2.29. The molecule has 0 aromatic heterocycles. The molecule has 1 saturated heterocycles. The van der Waals surface area contributed by atoms with Crippen molar-refractivity contribution in [1.29, 1.82) is 0 Å². The molecule has 1 N–H and O–H groups in total. The SMILES string of the molecule is COc1cc(CC2CCCCN2)c(OC)c(Br)c1C. The van der Waals surface area contributed by atoms with Gasteiger partial charge in [0.1, 0.15) is 11.5 Å². The van der Waals surface area contributed by atoms with Crippen molar-refractivity contribution in [2.24, 2.45) is 0 Å². The molecule has 0 aliphatic carbocycles. The zero-order valence-electron chi connectivity index (χ0n) is 11.9.